The van der Waals surface area contributed by atoms with Gasteiger partial charge in [-0.15, -0.1) is 16.8 Å². The van der Waals surface area contributed by atoms with Crippen molar-refractivity contribution in [2.45, 2.75) is 24.7 Å². The molecule has 0 saturated carbocycles. The van der Waals surface area contributed by atoms with E-state index >= 15 is 0 Å². The van der Waals surface area contributed by atoms with Gasteiger partial charge in [0.2, 0.25) is 5.91 Å². The zero-order valence-electron chi connectivity index (χ0n) is 17.2. The molecule has 0 saturated heterocycles. The lowest BCUT2D eigenvalue weighted by Gasteiger charge is -2.15. The highest BCUT2D eigenvalue weighted by Gasteiger charge is 2.20. The van der Waals surface area contributed by atoms with Crippen LogP contribution in [0, 0.1) is 0 Å². The van der Waals surface area contributed by atoms with Crippen LogP contribution in [0.1, 0.15) is 29.1 Å². The van der Waals surface area contributed by atoms with Gasteiger partial charge >= 0.3 is 0 Å². The van der Waals surface area contributed by atoms with E-state index in [1.165, 1.54) is 11.8 Å². The molecule has 1 atom stereocenters. The third-order valence-electron chi connectivity index (χ3n) is 4.34. The number of halogens is 2. The second kappa shape index (κ2) is 11.3. The molecule has 0 aliphatic heterocycles. The van der Waals surface area contributed by atoms with E-state index in [1.54, 1.807) is 30.3 Å². The van der Waals surface area contributed by atoms with E-state index in [9.17, 15) is 9.59 Å². The van der Waals surface area contributed by atoms with Crippen LogP contribution in [0.5, 0.6) is 0 Å². The van der Waals surface area contributed by atoms with Crippen molar-refractivity contribution in [3.63, 3.8) is 0 Å². The van der Waals surface area contributed by atoms with Crippen LogP contribution >= 0.6 is 39.3 Å². The van der Waals surface area contributed by atoms with Crippen molar-refractivity contribution in [2.24, 2.45) is 0 Å². The van der Waals surface area contributed by atoms with Gasteiger partial charge in [0.15, 0.2) is 11.0 Å². The highest BCUT2D eigenvalue weighted by molar-refractivity contribution is 9.10. The second-order valence-corrected chi connectivity index (χ2v) is 9.08. The fourth-order valence-electron chi connectivity index (χ4n) is 2.87. The maximum absolute atomic E-state index is 12.5. The first kappa shape index (κ1) is 24.0. The van der Waals surface area contributed by atoms with Crippen molar-refractivity contribution in [2.75, 3.05) is 11.1 Å². The van der Waals surface area contributed by atoms with Gasteiger partial charge in [-0.05, 0) is 49.4 Å². The largest absolute Gasteiger partial charge is 0.342 e. The van der Waals surface area contributed by atoms with Gasteiger partial charge in [-0.2, -0.15) is 0 Å². The Balaban J connectivity index is 1.66. The summed E-state index contributed by atoms with van der Waals surface area (Å²) in [5, 5.41) is 15.3. The summed E-state index contributed by atoms with van der Waals surface area (Å²) in [7, 11) is 0. The fourth-order valence-corrected chi connectivity index (χ4v) is 4.15. The molecule has 0 radical (unpaired) electrons. The van der Waals surface area contributed by atoms with Gasteiger partial charge < -0.3 is 15.2 Å². The first-order valence-electron chi connectivity index (χ1n) is 9.66. The van der Waals surface area contributed by atoms with Crippen LogP contribution in [0.4, 0.5) is 5.69 Å². The molecule has 7 nitrogen and oxygen atoms in total. The molecule has 0 aliphatic carbocycles. The van der Waals surface area contributed by atoms with E-state index in [4.69, 9.17) is 11.6 Å². The summed E-state index contributed by atoms with van der Waals surface area (Å²) in [5.41, 5.74) is 1.20. The highest BCUT2D eigenvalue weighted by atomic mass is 79.9. The van der Waals surface area contributed by atoms with Crippen LogP contribution in [0.3, 0.4) is 0 Å². The first-order valence-corrected chi connectivity index (χ1v) is 11.8. The van der Waals surface area contributed by atoms with Gasteiger partial charge in [0, 0.05) is 27.3 Å². The molecule has 3 aromatic rings. The average molecular weight is 535 g/mol. The maximum atomic E-state index is 12.5. The zero-order chi connectivity index (χ0) is 23.1. The Bertz CT molecular complexity index is 1120. The summed E-state index contributed by atoms with van der Waals surface area (Å²) in [6, 6.07) is 13.6. The summed E-state index contributed by atoms with van der Waals surface area (Å²) >= 11 is 10.5. The van der Waals surface area contributed by atoms with E-state index in [2.05, 4.69) is 43.3 Å². The molecule has 0 bridgehead atoms. The molecule has 2 aromatic carbocycles. The molecule has 1 unspecified atom stereocenters. The van der Waals surface area contributed by atoms with Crippen molar-refractivity contribution in [1.82, 2.24) is 20.1 Å². The first-order chi connectivity index (χ1) is 15.4. The highest BCUT2D eigenvalue weighted by Crippen LogP contribution is 2.22. The van der Waals surface area contributed by atoms with E-state index in [-0.39, 0.29) is 17.6 Å². The fraction of sp³-hybridized carbons (Fsp3) is 0.182. The van der Waals surface area contributed by atoms with Crippen LogP contribution in [-0.4, -0.2) is 32.3 Å². The number of carbonyl (C=O) groups excluding carboxylic acids is 2. The zero-order valence-corrected chi connectivity index (χ0v) is 20.4. The van der Waals surface area contributed by atoms with Gasteiger partial charge in [-0.3, -0.25) is 9.59 Å². The third kappa shape index (κ3) is 6.44. The third-order valence-corrected chi connectivity index (χ3v) is 6.05. The lowest BCUT2D eigenvalue weighted by atomic mass is 10.2. The molecule has 3 rings (SSSR count). The predicted octanol–water partition coefficient (Wildman–Crippen LogP) is 5.10. The lowest BCUT2D eigenvalue weighted by molar-refractivity contribution is -0.113. The molecule has 10 heteroatoms. The molecule has 1 heterocycles. The molecule has 0 fully saturated rings. The van der Waals surface area contributed by atoms with Crippen molar-refractivity contribution >= 4 is 56.8 Å². The van der Waals surface area contributed by atoms with Gasteiger partial charge in [0.1, 0.15) is 0 Å². The van der Waals surface area contributed by atoms with E-state index in [0.29, 0.717) is 33.8 Å². The minimum atomic E-state index is -0.407. The number of anilines is 1. The normalized spacial score (nSPS) is 11.6. The quantitative estimate of drug-likeness (QED) is 0.294. The summed E-state index contributed by atoms with van der Waals surface area (Å²) in [6.07, 6.45) is 1.71. The van der Waals surface area contributed by atoms with Crippen LogP contribution in [-0.2, 0) is 11.3 Å². The van der Waals surface area contributed by atoms with Crippen LogP contribution in [0.25, 0.3) is 0 Å². The summed E-state index contributed by atoms with van der Waals surface area (Å²) < 4.78 is 2.71. The second-order valence-electron chi connectivity index (χ2n) is 6.79. The summed E-state index contributed by atoms with van der Waals surface area (Å²) in [4.78, 5) is 24.9. The molecular weight excluding hydrogens is 514 g/mol. The van der Waals surface area contributed by atoms with Crippen LogP contribution in [0.15, 0.2) is 70.8 Å². The number of hydrogen-bond donors (Lipinski definition) is 2. The Morgan fingerprint density at radius 1 is 1.25 bits per heavy atom. The molecule has 0 aliphatic rings. The average Bonchev–Trinajstić information content (AvgIpc) is 3.15. The monoisotopic (exact) mass is 533 g/mol. The number of nitrogens with one attached hydrogen (secondary N) is 2. The lowest BCUT2D eigenvalue weighted by Crippen LogP contribution is -2.28. The minimum absolute atomic E-state index is 0.160. The van der Waals surface area contributed by atoms with E-state index < -0.39 is 6.04 Å². The van der Waals surface area contributed by atoms with Gasteiger partial charge in [0.05, 0.1) is 11.8 Å². The van der Waals surface area contributed by atoms with Crippen LogP contribution in [0.2, 0.25) is 5.02 Å². The Labute approximate surface area is 203 Å². The van der Waals surface area contributed by atoms with Gasteiger partial charge in [-0.25, -0.2) is 0 Å². The molecule has 2 amide bonds. The van der Waals surface area contributed by atoms with Gasteiger partial charge in [0.25, 0.3) is 5.91 Å². The van der Waals surface area contributed by atoms with E-state index in [0.717, 1.165) is 4.47 Å². The number of nitrogens with zero attached hydrogens (tertiary/aromatic N) is 3. The molecule has 32 heavy (non-hydrogen) atoms. The number of allylic oxidation sites excluding steroid dienone is 1. The summed E-state index contributed by atoms with van der Waals surface area (Å²) in [6.45, 7) is 6.05. The van der Waals surface area contributed by atoms with Crippen LogP contribution < -0.4 is 10.6 Å². The number of hydrogen-bond acceptors (Lipinski definition) is 5. The number of rotatable bonds is 9. The molecule has 1 aromatic heterocycles. The SMILES string of the molecule is C=CCn1c(SCC(=O)Nc2cccc(Br)c2)nnc1C(C)NC(=O)c1ccc(Cl)cc1. The topological polar surface area (TPSA) is 88.9 Å². The molecular formula is C22H21BrClN5O2S. The number of carbonyl (C=O) groups is 2. The minimum Gasteiger partial charge on any atom is -0.342 e. The number of thioether (sulfide) groups is 1. The molecule has 166 valence electrons. The maximum Gasteiger partial charge on any atom is 0.251 e. The number of benzene rings is 2. The Morgan fingerprint density at radius 2 is 2.00 bits per heavy atom. The molecule has 2 N–H and O–H groups in total. The van der Waals surface area contributed by atoms with Crippen molar-refractivity contribution in [1.29, 1.82) is 0 Å². The Morgan fingerprint density at radius 3 is 2.69 bits per heavy atom. The number of aromatic nitrogens is 3. The Hall–Kier alpha value is -2.62. The van der Waals surface area contributed by atoms with E-state index in [1.807, 2.05) is 35.8 Å². The smallest absolute Gasteiger partial charge is 0.251 e. The standard InChI is InChI=1S/C22H21BrClN5O2S/c1-3-11-29-20(14(2)25-21(31)15-7-9-17(24)10-8-15)27-28-22(29)32-13-19(30)26-18-6-4-5-16(23)12-18/h3-10,12,14H,1,11,13H2,2H3,(H,25,31)(H,26,30). The number of amides is 2. The van der Waals surface area contributed by atoms with Gasteiger partial charge in [-0.1, -0.05) is 51.4 Å². The van der Waals surface area contributed by atoms with Crippen molar-refractivity contribution in [3.8, 4) is 0 Å². The van der Waals surface area contributed by atoms with Crippen molar-refractivity contribution in [3.05, 3.63) is 82.1 Å². The summed E-state index contributed by atoms with van der Waals surface area (Å²) in [5.74, 6) is 0.326. The Kier molecular flexibility index (Phi) is 8.49. The molecule has 0 spiro atoms. The predicted molar refractivity (Wildman–Crippen MR) is 131 cm³/mol. The van der Waals surface area contributed by atoms with Crippen molar-refractivity contribution < 1.29 is 9.59 Å².